The molecule has 2 N–H and O–H groups in total. The van der Waals surface area contributed by atoms with Gasteiger partial charge < -0.3 is 14.9 Å². The maximum atomic E-state index is 13.1. The normalized spacial score (nSPS) is 17.9. The highest BCUT2D eigenvalue weighted by atomic mass is 35.5. The molecule has 0 spiro atoms. The Morgan fingerprint density at radius 1 is 1.13 bits per heavy atom. The predicted molar refractivity (Wildman–Crippen MR) is 120 cm³/mol. The van der Waals surface area contributed by atoms with Crippen molar-refractivity contribution in [1.82, 2.24) is 0 Å². The van der Waals surface area contributed by atoms with Crippen LogP contribution in [0.1, 0.15) is 16.5 Å². The summed E-state index contributed by atoms with van der Waals surface area (Å²) in [6, 6.07) is 11.6. The van der Waals surface area contributed by atoms with Crippen molar-refractivity contribution in [2.45, 2.75) is 6.04 Å². The fourth-order valence-corrected chi connectivity index (χ4v) is 4.95. The number of para-hydroxylation sites is 2. The highest BCUT2D eigenvalue weighted by molar-refractivity contribution is 7.10. The fraction of sp³-hybridized carbons (Fsp3) is 0.0909. The van der Waals surface area contributed by atoms with E-state index in [1.54, 1.807) is 29.6 Å². The molecule has 1 fully saturated rings. The first-order valence-electron chi connectivity index (χ1n) is 9.01. The number of amides is 1. The van der Waals surface area contributed by atoms with E-state index in [0.29, 0.717) is 4.88 Å². The minimum Gasteiger partial charge on any atom is -0.507 e. The monoisotopic (exact) mass is 475 g/mol. The number of aromatic hydroxyl groups is 1. The van der Waals surface area contributed by atoms with Gasteiger partial charge in [0.05, 0.1) is 29.0 Å². The summed E-state index contributed by atoms with van der Waals surface area (Å²) < 4.78 is 5.30. The zero-order chi connectivity index (χ0) is 22.3. The molecular formula is C22H15Cl2NO5S. The number of phenols is 1. The van der Waals surface area contributed by atoms with Crippen LogP contribution in [0.5, 0.6) is 11.5 Å². The number of hydrogen-bond acceptors (Lipinski definition) is 6. The molecule has 3 aromatic rings. The summed E-state index contributed by atoms with van der Waals surface area (Å²) >= 11 is 13.6. The summed E-state index contributed by atoms with van der Waals surface area (Å²) in [5, 5.41) is 23.7. The van der Waals surface area contributed by atoms with Crippen LogP contribution in [0.4, 0.5) is 5.69 Å². The van der Waals surface area contributed by atoms with Crippen LogP contribution < -0.4 is 9.64 Å². The molecule has 2 heterocycles. The van der Waals surface area contributed by atoms with Crippen molar-refractivity contribution in [3.05, 3.63) is 80.0 Å². The highest BCUT2D eigenvalue weighted by Gasteiger charge is 2.48. The number of benzene rings is 2. The molecule has 1 unspecified atom stereocenters. The van der Waals surface area contributed by atoms with Crippen LogP contribution in [0.2, 0.25) is 10.0 Å². The van der Waals surface area contributed by atoms with E-state index in [1.807, 2.05) is 0 Å². The number of ketones is 1. The first kappa shape index (κ1) is 21.2. The number of aliphatic hydroxyl groups excluding tert-OH is 1. The summed E-state index contributed by atoms with van der Waals surface area (Å²) in [4.78, 5) is 27.9. The quantitative estimate of drug-likeness (QED) is 0.299. The van der Waals surface area contributed by atoms with E-state index in [9.17, 15) is 19.8 Å². The fourth-order valence-electron chi connectivity index (χ4n) is 3.55. The van der Waals surface area contributed by atoms with E-state index >= 15 is 0 Å². The lowest BCUT2D eigenvalue weighted by molar-refractivity contribution is -0.132. The Morgan fingerprint density at radius 3 is 2.52 bits per heavy atom. The van der Waals surface area contributed by atoms with E-state index in [0.717, 1.165) is 0 Å². The number of thiophene rings is 1. The number of phenolic OH excluding ortho intramolecular Hbond substituents is 1. The summed E-state index contributed by atoms with van der Waals surface area (Å²) in [6.07, 6.45) is 0. The van der Waals surface area contributed by atoms with E-state index in [1.165, 1.54) is 47.6 Å². The van der Waals surface area contributed by atoms with Gasteiger partial charge in [-0.15, -0.1) is 11.3 Å². The third kappa shape index (κ3) is 3.54. The van der Waals surface area contributed by atoms with Crippen molar-refractivity contribution in [3.8, 4) is 11.5 Å². The van der Waals surface area contributed by atoms with Gasteiger partial charge in [-0.3, -0.25) is 14.5 Å². The average Bonchev–Trinajstić information content (AvgIpc) is 3.35. The molecule has 1 saturated heterocycles. The first-order valence-corrected chi connectivity index (χ1v) is 10.6. The topological polar surface area (TPSA) is 87.1 Å². The number of methoxy groups -OCH3 is 1. The van der Waals surface area contributed by atoms with Crippen LogP contribution >= 0.6 is 34.5 Å². The van der Waals surface area contributed by atoms with Gasteiger partial charge in [-0.05, 0) is 35.7 Å². The molecule has 0 radical (unpaired) electrons. The Kier molecular flexibility index (Phi) is 5.66. The lowest BCUT2D eigenvalue weighted by Crippen LogP contribution is -2.29. The van der Waals surface area contributed by atoms with Gasteiger partial charge in [0, 0.05) is 9.90 Å². The maximum Gasteiger partial charge on any atom is 0.300 e. The van der Waals surface area contributed by atoms with Crippen molar-refractivity contribution in [2.75, 3.05) is 12.0 Å². The number of halogens is 2. The minimum absolute atomic E-state index is 0.0804. The molecule has 6 nitrogen and oxygen atoms in total. The molecule has 4 rings (SSSR count). The number of carbonyl (C=O) groups is 2. The van der Waals surface area contributed by atoms with Crippen molar-refractivity contribution >= 4 is 57.7 Å². The molecule has 1 amide bonds. The third-order valence-corrected chi connectivity index (χ3v) is 6.29. The summed E-state index contributed by atoms with van der Waals surface area (Å²) in [7, 11) is 1.36. The van der Waals surface area contributed by atoms with E-state index in [4.69, 9.17) is 27.9 Å². The second-order valence-corrected chi connectivity index (χ2v) is 8.46. The lowest BCUT2D eigenvalue weighted by atomic mass is 9.99. The number of hydrogen-bond donors (Lipinski definition) is 2. The number of anilines is 1. The van der Waals surface area contributed by atoms with Gasteiger partial charge >= 0.3 is 0 Å². The molecule has 31 heavy (non-hydrogen) atoms. The summed E-state index contributed by atoms with van der Waals surface area (Å²) in [5.41, 5.74) is 0.0716. The van der Waals surface area contributed by atoms with E-state index in [2.05, 4.69) is 0 Å². The smallest absolute Gasteiger partial charge is 0.300 e. The van der Waals surface area contributed by atoms with Crippen LogP contribution in [-0.2, 0) is 9.59 Å². The largest absolute Gasteiger partial charge is 0.507 e. The van der Waals surface area contributed by atoms with Gasteiger partial charge in [-0.2, -0.15) is 0 Å². The number of ether oxygens (including phenoxy) is 1. The molecule has 0 saturated carbocycles. The van der Waals surface area contributed by atoms with Gasteiger partial charge in [-0.1, -0.05) is 41.4 Å². The number of rotatable bonds is 4. The zero-order valence-electron chi connectivity index (χ0n) is 16.0. The average molecular weight is 476 g/mol. The Balaban J connectivity index is 2.00. The van der Waals surface area contributed by atoms with E-state index in [-0.39, 0.29) is 38.4 Å². The molecule has 158 valence electrons. The molecule has 1 aromatic heterocycles. The molecule has 9 heteroatoms. The van der Waals surface area contributed by atoms with Crippen molar-refractivity contribution in [3.63, 3.8) is 0 Å². The van der Waals surface area contributed by atoms with Gasteiger partial charge in [0.15, 0.2) is 0 Å². The molecular weight excluding hydrogens is 461 g/mol. The molecule has 0 bridgehead atoms. The number of Topliss-reactive ketones (excluding diaryl/α,β-unsaturated/α-hetero) is 1. The minimum atomic E-state index is -0.962. The number of aliphatic hydroxyl groups is 1. The number of carbonyl (C=O) groups excluding carboxylic acids is 2. The standard InChI is InChI=1S/C22H15Cl2NO5S/c1-30-21-12(9-11(23)10-13(21)24)19(27)17-18(16-7-4-8-31-16)25(22(29)20(17)28)14-5-2-3-6-15(14)26/h2-10,18,26-27H,1H3/b19-17-. The molecule has 1 aliphatic rings. The van der Waals surface area contributed by atoms with Gasteiger partial charge in [-0.25, -0.2) is 0 Å². The van der Waals surface area contributed by atoms with Crippen LogP contribution in [0.3, 0.4) is 0 Å². The van der Waals surface area contributed by atoms with Crippen LogP contribution in [0.25, 0.3) is 5.76 Å². The summed E-state index contributed by atoms with van der Waals surface area (Å²) in [6.45, 7) is 0. The van der Waals surface area contributed by atoms with E-state index < -0.39 is 23.5 Å². The second-order valence-electron chi connectivity index (χ2n) is 6.64. The predicted octanol–water partition coefficient (Wildman–Crippen LogP) is 5.40. The Bertz CT molecular complexity index is 1220. The third-order valence-electron chi connectivity index (χ3n) is 4.87. The highest BCUT2D eigenvalue weighted by Crippen LogP contribution is 2.47. The Labute approximate surface area is 191 Å². The lowest BCUT2D eigenvalue weighted by Gasteiger charge is -2.25. The second kappa shape index (κ2) is 8.26. The Morgan fingerprint density at radius 2 is 1.87 bits per heavy atom. The maximum absolute atomic E-state index is 13.1. The van der Waals surface area contributed by atoms with Gasteiger partial charge in [0.2, 0.25) is 0 Å². The number of nitrogens with zero attached hydrogens (tertiary/aromatic N) is 1. The SMILES string of the molecule is COc1c(Cl)cc(Cl)cc1/C(O)=C1/C(=O)C(=O)N(c2ccccc2O)C1c1cccs1. The molecule has 1 aliphatic heterocycles. The van der Waals surface area contributed by atoms with Gasteiger partial charge in [0.25, 0.3) is 11.7 Å². The van der Waals surface area contributed by atoms with Gasteiger partial charge in [0.1, 0.15) is 23.3 Å². The van der Waals surface area contributed by atoms with Crippen LogP contribution in [0, 0.1) is 0 Å². The van der Waals surface area contributed by atoms with Crippen molar-refractivity contribution in [1.29, 1.82) is 0 Å². The van der Waals surface area contributed by atoms with Crippen LogP contribution in [0.15, 0.2) is 59.5 Å². The molecule has 0 aliphatic carbocycles. The molecule has 2 aromatic carbocycles. The summed E-state index contributed by atoms with van der Waals surface area (Å²) in [5.74, 6) is -2.32. The van der Waals surface area contributed by atoms with Crippen molar-refractivity contribution in [2.24, 2.45) is 0 Å². The van der Waals surface area contributed by atoms with Crippen molar-refractivity contribution < 1.29 is 24.5 Å². The first-order chi connectivity index (χ1) is 14.8. The van der Waals surface area contributed by atoms with Crippen LogP contribution in [-0.4, -0.2) is 29.0 Å². The zero-order valence-corrected chi connectivity index (χ0v) is 18.3. The Hall–Kier alpha value is -3.00. The molecule has 1 atom stereocenters.